The summed E-state index contributed by atoms with van der Waals surface area (Å²) in [6.07, 6.45) is 6.73. The molecule has 4 heterocycles. The van der Waals surface area contributed by atoms with E-state index < -0.39 is 10.0 Å². The molecule has 0 saturated carbocycles. The van der Waals surface area contributed by atoms with E-state index in [0.717, 1.165) is 34.7 Å². The summed E-state index contributed by atoms with van der Waals surface area (Å²) in [7, 11) is -3.37. The summed E-state index contributed by atoms with van der Waals surface area (Å²) in [5.74, 6) is 0.806. The van der Waals surface area contributed by atoms with Crippen molar-refractivity contribution in [3.8, 4) is 5.82 Å². The van der Waals surface area contributed by atoms with Crippen molar-refractivity contribution in [2.24, 2.45) is 0 Å². The molecule has 0 aliphatic carbocycles. The molecule has 4 aromatic rings. The number of anilines is 2. The van der Waals surface area contributed by atoms with Crippen molar-refractivity contribution in [2.45, 2.75) is 19.0 Å². The number of hydrogen-bond donors (Lipinski definition) is 2. The van der Waals surface area contributed by atoms with Crippen molar-refractivity contribution >= 4 is 38.7 Å². The van der Waals surface area contributed by atoms with E-state index in [4.69, 9.17) is 12.2 Å². The second kappa shape index (κ2) is 9.12. The molecule has 5 rings (SSSR count). The normalized spacial score (nSPS) is 17.9. The lowest BCUT2D eigenvalue weighted by atomic mass is 10.0. The predicted molar refractivity (Wildman–Crippen MR) is 141 cm³/mol. The fraction of sp³-hybridized carbons (Fsp3) is 0.160. The van der Waals surface area contributed by atoms with Gasteiger partial charge in [0.1, 0.15) is 11.9 Å². The minimum absolute atomic E-state index is 0.211. The summed E-state index contributed by atoms with van der Waals surface area (Å²) in [6, 6.07) is 20.6. The number of nitrogens with zero attached hydrogens (tertiary/aromatic N) is 4. The Labute approximate surface area is 209 Å². The van der Waals surface area contributed by atoms with Crippen molar-refractivity contribution in [2.75, 3.05) is 15.9 Å². The molecule has 2 unspecified atom stereocenters. The molecule has 3 aromatic heterocycles. The Balaban J connectivity index is 1.60. The third-order valence-corrected chi connectivity index (χ3v) is 6.69. The fourth-order valence-corrected chi connectivity index (χ4v) is 5.19. The zero-order valence-electron chi connectivity index (χ0n) is 19.2. The second-order valence-corrected chi connectivity index (χ2v) is 10.5. The summed E-state index contributed by atoms with van der Waals surface area (Å²) < 4.78 is 27.8. The Hall–Kier alpha value is -3.76. The molecule has 2 N–H and O–H groups in total. The average molecular weight is 505 g/mol. The summed E-state index contributed by atoms with van der Waals surface area (Å²) in [5.41, 5.74) is 4.25. The van der Waals surface area contributed by atoms with E-state index in [0.29, 0.717) is 10.8 Å². The number of thiocarbonyl (C=S) groups is 1. The Bertz CT molecular complexity index is 1450. The number of pyridine rings is 2. The highest BCUT2D eigenvalue weighted by Crippen LogP contribution is 2.42. The molecular weight excluding hydrogens is 480 g/mol. The van der Waals surface area contributed by atoms with Crippen molar-refractivity contribution < 1.29 is 8.42 Å². The lowest BCUT2D eigenvalue weighted by molar-refractivity contribution is 0.548. The first-order valence-electron chi connectivity index (χ1n) is 11.0. The first-order chi connectivity index (χ1) is 16.8. The summed E-state index contributed by atoms with van der Waals surface area (Å²) in [4.78, 5) is 11.3. The lowest BCUT2D eigenvalue weighted by Gasteiger charge is -2.29. The molecule has 1 aliphatic heterocycles. The van der Waals surface area contributed by atoms with Crippen LogP contribution < -0.4 is 14.9 Å². The molecule has 1 aromatic carbocycles. The molecule has 1 saturated heterocycles. The van der Waals surface area contributed by atoms with E-state index >= 15 is 0 Å². The maximum Gasteiger partial charge on any atom is 0.229 e. The lowest BCUT2D eigenvalue weighted by Crippen LogP contribution is -2.30. The van der Waals surface area contributed by atoms with Crippen LogP contribution in [0.1, 0.15) is 29.0 Å². The van der Waals surface area contributed by atoms with Crippen LogP contribution in [0.15, 0.2) is 85.3 Å². The number of benzene rings is 1. The third-order valence-electron chi connectivity index (χ3n) is 5.77. The van der Waals surface area contributed by atoms with E-state index in [1.807, 2.05) is 72.7 Å². The second-order valence-electron chi connectivity index (χ2n) is 8.41. The van der Waals surface area contributed by atoms with Gasteiger partial charge >= 0.3 is 0 Å². The van der Waals surface area contributed by atoms with Gasteiger partial charge in [0.2, 0.25) is 10.0 Å². The maximum absolute atomic E-state index is 11.6. The molecule has 0 spiro atoms. The van der Waals surface area contributed by atoms with Crippen LogP contribution in [0.3, 0.4) is 0 Å². The van der Waals surface area contributed by atoms with Crippen LogP contribution in [0.2, 0.25) is 0 Å². The first kappa shape index (κ1) is 23.0. The van der Waals surface area contributed by atoms with Gasteiger partial charge in [0.25, 0.3) is 0 Å². The van der Waals surface area contributed by atoms with Gasteiger partial charge in [0.05, 0.1) is 18.0 Å². The summed E-state index contributed by atoms with van der Waals surface area (Å²) in [6.45, 7) is 2.01. The van der Waals surface area contributed by atoms with Crippen LogP contribution >= 0.6 is 12.2 Å². The van der Waals surface area contributed by atoms with Crippen LogP contribution in [0.4, 0.5) is 11.4 Å². The quantitative estimate of drug-likeness (QED) is 0.382. The fourth-order valence-electron chi connectivity index (χ4n) is 4.28. The topological polar surface area (TPSA) is 92.2 Å². The molecule has 10 heteroatoms. The van der Waals surface area contributed by atoms with Gasteiger partial charge in [-0.15, -0.1) is 0 Å². The van der Waals surface area contributed by atoms with Gasteiger partial charge in [-0.25, -0.2) is 13.4 Å². The molecule has 8 nitrogen and oxygen atoms in total. The molecule has 0 radical (unpaired) electrons. The van der Waals surface area contributed by atoms with E-state index in [1.54, 1.807) is 18.3 Å². The molecule has 1 fully saturated rings. The van der Waals surface area contributed by atoms with Crippen LogP contribution in [0.25, 0.3) is 5.82 Å². The van der Waals surface area contributed by atoms with E-state index in [2.05, 4.69) is 30.6 Å². The Morgan fingerprint density at radius 1 is 1.00 bits per heavy atom. The Morgan fingerprint density at radius 2 is 1.80 bits per heavy atom. The van der Waals surface area contributed by atoms with Crippen molar-refractivity contribution in [3.05, 3.63) is 102 Å². The number of sulfonamides is 1. The van der Waals surface area contributed by atoms with Crippen molar-refractivity contribution in [1.82, 2.24) is 19.9 Å². The highest BCUT2D eigenvalue weighted by atomic mass is 32.2. The number of rotatable bonds is 6. The maximum atomic E-state index is 11.6. The van der Waals surface area contributed by atoms with Gasteiger partial charge in [-0.1, -0.05) is 12.1 Å². The van der Waals surface area contributed by atoms with E-state index in [9.17, 15) is 8.42 Å². The van der Waals surface area contributed by atoms with Crippen LogP contribution in [0.5, 0.6) is 0 Å². The van der Waals surface area contributed by atoms with Gasteiger partial charge in [-0.2, -0.15) is 0 Å². The highest BCUT2D eigenvalue weighted by Gasteiger charge is 2.42. The molecule has 0 bridgehead atoms. The molecule has 2 atom stereocenters. The Morgan fingerprint density at radius 3 is 2.46 bits per heavy atom. The van der Waals surface area contributed by atoms with Crippen LogP contribution in [0, 0.1) is 6.92 Å². The van der Waals surface area contributed by atoms with Gasteiger partial charge in [0.15, 0.2) is 5.11 Å². The minimum atomic E-state index is -3.37. The standard InChI is InChI=1S/C25H24N6O2S2/c1-17-8-13-22(27-16-17)30-15-5-7-21(30)24-23(20-6-3-4-14-26-20)28-25(34)31(24)19-11-9-18(10-12-19)29-35(2,32)33/h3-16,23-24,29H,1-2H3,(H,28,34). The third kappa shape index (κ3) is 4.75. The minimum Gasteiger partial charge on any atom is -0.351 e. The molecule has 0 amide bonds. The largest absolute Gasteiger partial charge is 0.351 e. The van der Waals surface area contributed by atoms with Gasteiger partial charge in [-0.3, -0.25) is 9.71 Å². The molecular formula is C25H24N6O2S2. The van der Waals surface area contributed by atoms with Gasteiger partial charge in [0, 0.05) is 35.7 Å². The predicted octanol–water partition coefficient (Wildman–Crippen LogP) is 4.12. The van der Waals surface area contributed by atoms with Gasteiger partial charge in [-0.05, 0) is 79.3 Å². The van der Waals surface area contributed by atoms with E-state index in [1.165, 1.54) is 0 Å². The van der Waals surface area contributed by atoms with Crippen molar-refractivity contribution in [1.29, 1.82) is 0 Å². The summed E-state index contributed by atoms with van der Waals surface area (Å²) in [5, 5.41) is 4.00. The molecule has 178 valence electrons. The zero-order chi connectivity index (χ0) is 24.6. The molecule has 1 aliphatic rings. The number of aryl methyl sites for hydroxylation is 1. The number of nitrogens with one attached hydrogen (secondary N) is 2. The molecule has 35 heavy (non-hydrogen) atoms. The highest BCUT2D eigenvalue weighted by molar-refractivity contribution is 7.92. The first-order valence-corrected chi connectivity index (χ1v) is 13.3. The average Bonchev–Trinajstić information content (AvgIpc) is 3.44. The zero-order valence-corrected chi connectivity index (χ0v) is 20.8. The number of hydrogen-bond acceptors (Lipinski definition) is 5. The van der Waals surface area contributed by atoms with Gasteiger partial charge < -0.3 is 14.8 Å². The van der Waals surface area contributed by atoms with E-state index in [-0.39, 0.29) is 12.1 Å². The van der Waals surface area contributed by atoms with Crippen LogP contribution in [-0.2, 0) is 10.0 Å². The smallest absolute Gasteiger partial charge is 0.229 e. The van der Waals surface area contributed by atoms with Crippen molar-refractivity contribution in [3.63, 3.8) is 0 Å². The monoisotopic (exact) mass is 504 g/mol. The number of aromatic nitrogens is 3. The Kier molecular flexibility index (Phi) is 6.00. The van der Waals surface area contributed by atoms with Crippen LogP contribution in [-0.4, -0.2) is 34.3 Å². The SMILES string of the molecule is Cc1ccc(-n2cccc2C2C(c3ccccn3)NC(=S)N2c2ccc(NS(C)(=O)=O)cc2)nc1. The summed E-state index contributed by atoms with van der Waals surface area (Å²) >= 11 is 5.80.